The third-order valence-electron chi connectivity index (χ3n) is 2.29. The molecule has 0 spiro atoms. The third kappa shape index (κ3) is 4.22. The molecule has 0 aliphatic rings. The Kier molecular flexibility index (Phi) is 5.21. The van der Waals surface area contributed by atoms with Crippen molar-refractivity contribution in [2.24, 2.45) is 0 Å². The van der Waals surface area contributed by atoms with Crippen LogP contribution in [0, 0.1) is 13.8 Å². The Morgan fingerprint density at radius 1 is 1.47 bits per heavy atom. The van der Waals surface area contributed by atoms with Crippen molar-refractivity contribution in [3.8, 4) is 0 Å². The van der Waals surface area contributed by atoms with Gasteiger partial charge in [-0.3, -0.25) is 9.59 Å². The topological polar surface area (TPSA) is 74.8 Å². The van der Waals surface area contributed by atoms with Crippen LogP contribution in [0.1, 0.15) is 24.6 Å². The molecular weight excluding hydrogens is 238 g/mol. The second-order valence-electron chi connectivity index (χ2n) is 3.72. The van der Waals surface area contributed by atoms with Crippen LogP contribution in [0.5, 0.6) is 0 Å². The van der Waals surface area contributed by atoms with Gasteiger partial charge >= 0.3 is 0 Å². The molecule has 0 aliphatic carbocycles. The molecule has 0 aliphatic heterocycles. The maximum absolute atomic E-state index is 11.5. The Morgan fingerprint density at radius 2 is 2.18 bits per heavy atom. The lowest BCUT2D eigenvalue weighted by Gasteiger charge is -2.04. The van der Waals surface area contributed by atoms with Crippen molar-refractivity contribution in [2.45, 2.75) is 32.3 Å². The number of hydrogen-bond donors (Lipinski definition) is 2. The van der Waals surface area contributed by atoms with Crippen molar-refractivity contribution in [2.75, 3.05) is 12.3 Å². The van der Waals surface area contributed by atoms with Gasteiger partial charge in [-0.25, -0.2) is 4.98 Å². The first-order valence-corrected chi connectivity index (χ1v) is 6.50. The Hall–Kier alpha value is -1.30. The number of nitrogens with zero attached hydrogens (tertiary/aromatic N) is 1. The molecule has 1 aromatic rings. The Bertz CT molecular complexity index is 457. The number of carbonyl (C=O) groups is 1. The van der Waals surface area contributed by atoms with Gasteiger partial charge in [0.05, 0.1) is 5.75 Å². The highest BCUT2D eigenvalue weighted by molar-refractivity contribution is 7.99. The van der Waals surface area contributed by atoms with Gasteiger partial charge in [0.2, 0.25) is 5.91 Å². The maximum atomic E-state index is 11.5. The summed E-state index contributed by atoms with van der Waals surface area (Å²) in [5, 5.41) is 3.25. The fraction of sp³-hybridized carbons (Fsp3) is 0.545. The molecule has 0 aromatic carbocycles. The lowest BCUT2D eigenvalue weighted by Crippen LogP contribution is -2.26. The summed E-state index contributed by atoms with van der Waals surface area (Å²) in [6.07, 6.45) is 0.912. The van der Waals surface area contributed by atoms with E-state index in [1.54, 1.807) is 13.8 Å². The number of amides is 1. The van der Waals surface area contributed by atoms with E-state index in [0.29, 0.717) is 23.0 Å². The minimum absolute atomic E-state index is 0.0438. The van der Waals surface area contributed by atoms with Gasteiger partial charge in [-0.2, -0.15) is 0 Å². The molecular formula is C11H17N3O2S. The zero-order chi connectivity index (χ0) is 12.8. The number of carbonyl (C=O) groups excluding carboxylic acids is 1. The molecule has 0 bridgehead atoms. The Labute approximate surface area is 104 Å². The van der Waals surface area contributed by atoms with Crippen LogP contribution in [0.15, 0.2) is 9.95 Å². The van der Waals surface area contributed by atoms with Gasteiger partial charge in [-0.1, -0.05) is 18.7 Å². The van der Waals surface area contributed by atoms with Gasteiger partial charge in [-0.15, -0.1) is 0 Å². The number of nitrogens with one attached hydrogen (secondary N) is 2. The summed E-state index contributed by atoms with van der Waals surface area (Å²) >= 11 is 1.24. The molecule has 1 aromatic heterocycles. The number of aryl methyl sites for hydroxylation is 1. The molecule has 5 nitrogen and oxygen atoms in total. The fourth-order valence-electron chi connectivity index (χ4n) is 1.14. The first-order valence-electron chi connectivity index (χ1n) is 5.51. The largest absolute Gasteiger partial charge is 0.355 e. The minimum Gasteiger partial charge on any atom is -0.355 e. The zero-order valence-corrected chi connectivity index (χ0v) is 11.1. The second kappa shape index (κ2) is 6.44. The summed E-state index contributed by atoms with van der Waals surface area (Å²) in [7, 11) is 0. The van der Waals surface area contributed by atoms with E-state index in [1.807, 2.05) is 6.92 Å². The number of aromatic nitrogens is 2. The lowest BCUT2D eigenvalue weighted by atomic mass is 10.3. The van der Waals surface area contributed by atoms with E-state index in [-0.39, 0.29) is 17.2 Å². The van der Waals surface area contributed by atoms with Crippen molar-refractivity contribution in [3.05, 3.63) is 21.6 Å². The molecule has 1 heterocycles. The predicted molar refractivity (Wildman–Crippen MR) is 68.4 cm³/mol. The molecule has 94 valence electrons. The van der Waals surface area contributed by atoms with E-state index in [1.165, 1.54) is 11.8 Å². The molecule has 1 amide bonds. The van der Waals surface area contributed by atoms with Gasteiger partial charge in [-0.05, 0) is 20.3 Å². The number of hydrogen-bond acceptors (Lipinski definition) is 4. The van der Waals surface area contributed by atoms with Crippen LogP contribution in [0.4, 0.5) is 0 Å². The van der Waals surface area contributed by atoms with E-state index in [9.17, 15) is 9.59 Å². The third-order valence-corrected chi connectivity index (χ3v) is 3.16. The Balaban J connectivity index is 2.58. The highest BCUT2D eigenvalue weighted by Gasteiger charge is 2.06. The monoisotopic (exact) mass is 255 g/mol. The van der Waals surface area contributed by atoms with Crippen LogP contribution in [0.25, 0.3) is 0 Å². The van der Waals surface area contributed by atoms with Crippen molar-refractivity contribution >= 4 is 17.7 Å². The van der Waals surface area contributed by atoms with Gasteiger partial charge < -0.3 is 10.3 Å². The summed E-state index contributed by atoms with van der Waals surface area (Å²) < 4.78 is 0. The van der Waals surface area contributed by atoms with Crippen LogP contribution >= 0.6 is 11.8 Å². The molecule has 17 heavy (non-hydrogen) atoms. The molecule has 0 radical (unpaired) electrons. The number of thioether (sulfide) groups is 1. The van der Waals surface area contributed by atoms with E-state index >= 15 is 0 Å². The van der Waals surface area contributed by atoms with E-state index in [2.05, 4.69) is 15.3 Å². The molecule has 0 saturated carbocycles. The molecule has 6 heteroatoms. The highest BCUT2D eigenvalue weighted by atomic mass is 32.2. The number of rotatable bonds is 5. The van der Waals surface area contributed by atoms with E-state index < -0.39 is 0 Å². The van der Waals surface area contributed by atoms with Gasteiger partial charge in [0.15, 0.2) is 5.16 Å². The normalized spacial score (nSPS) is 10.3. The van der Waals surface area contributed by atoms with E-state index in [4.69, 9.17) is 0 Å². The van der Waals surface area contributed by atoms with Gasteiger partial charge in [0.25, 0.3) is 5.56 Å². The van der Waals surface area contributed by atoms with Crippen LogP contribution in [-0.4, -0.2) is 28.2 Å². The number of aromatic amines is 1. The molecule has 2 N–H and O–H groups in total. The Morgan fingerprint density at radius 3 is 2.76 bits per heavy atom. The van der Waals surface area contributed by atoms with Crippen molar-refractivity contribution in [1.29, 1.82) is 0 Å². The molecule has 0 atom stereocenters. The molecule has 0 fully saturated rings. The maximum Gasteiger partial charge on any atom is 0.254 e. The summed E-state index contributed by atoms with van der Waals surface area (Å²) in [5.74, 6) is 0.226. The quantitative estimate of drug-likeness (QED) is 0.608. The smallest absolute Gasteiger partial charge is 0.254 e. The molecule has 0 saturated heterocycles. The van der Waals surface area contributed by atoms with Crippen LogP contribution in [0.2, 0.25) is 0 Å². The van der Waals surface area contributed by atoms with Crippen LogP contribution < -0.4 is 10.9 Å². The summed E-state index contributed by atoms with van der Waals surface area (Å²) in [6.45, 7) is 6.18. The second-order valence-corrected chi connectivity index (χ2v) is 4.68. The fourth-order valence-corrected chi connectivity index (χ4v) is 1.87. The average Bonchev–Trinajstić information content (AvgIpc) is 2.30. The first kappa shape index (κ1) is 13.8. The van der Waals surface area contributed by atoms with Crippen LogP contribution in [-0.2, 0) is 4.79 Å². The summed E-state index contributed by atoms with van der Waals surface area (Å²) in [5.41, 5.74) is 1.17. The summed E-state index contributed by atoms with van der Waals surface area (Å²) in [6, 6.07) is 0. The van der Waals surface area contributed by atoms with Gasteiger partial charge in [0, 0.05) is 17.8 Å². The molecule has 1 rings (SSSR count). The number of H-pyrrole nitrogens is 1. The minimum atomic E-state index is -0.144. The van der Waals surface area contributed by atoms with E-state index in [0.717, 1.165) is 6.42 Å². The standard InChI is InChI=1S/C11H17N3O2S/c1-4-5-12-9(15)6-17-11-13-8(3)7(2)10(16)14-11/h4-6H2,1-3H3,(H,12,15)(H,13,14,16). The van der Waals surface area contributed by atoms with Gasteiger partial charge in [0.1, 0.15) is 0 Å². The zero-order valence-electron chi connectivity index (χ0n) is 10.3. The van der Waals surface area contributed by atoms with Crippen molar-refractivity contribution in [3.63, 3.8) is 0 Å². The SMILES string of the molecule is CCCNC(=O)CSc1nc(C)c(C)c(=O)[nH]1. The first-order chi connectivity index (χ1) is 8.04. The van der Waals surface area contributed by atoms with Crippen molar-refractivity contribution < 1.29 is 4.79 Å². The average molecular weight is 255 g/mol. The lowest BCUT2D eigenvalue weighted by molar-refractivity contribution is -0.118. The predicted octanol–water partition coefficient (Wildman–Crippen LogP) is 1.01. The highest BCUT2D eigenvalue weighted by Crippen LogP contribution is 2.11. The summed E-state index contributed by atoms with van der Waals surface area (Å²) in [4.78, 5) is 29.7. The van der Waals surface area contributed by atoms with Crippen molar-refractivity contribution in [1.82, 2.24) is 15.3 Å². The van der Waals surface area contributed by atoms with Crippen LogP contribution in [0.3, 0.4) is 0 Å². The molecule has 0 unspecified atom stereocenters.